The Balaban J connectivity index is 1.91. The Labute approximate surface area is 134 Å². The van der Waals surface area contributed by atoms with Gasteiger partial charge in [-0.15, -0.1) is 0 Å². The molecule has 2 heterocycles. The topological polar surface area (TPSA) is 139 Å². The molecular formula is C14H14N6O4. The van der Waals surface area contributed by atoms with Crippen LogP contribution in [0.3, 0.4) is 0 Å². The Hall–Kier alpha value is -3.27. The Kier molecular flexibility index (Phi) is 3.96. The van der Waals surface area contributed by atoms with E-state index in [0.717, 1.165) is 0 Å². The quantitative estimate of drug-likeness (QED) is 0.462. The average molecular weight is 330 g/mol. The number of aromatic amines is 1. The number of H-pyrrole nitrogens is 1. The minimum Gasteiger partial charge on any atom is -0.386 e. The van der Waals surface area contributed by atoms with Crippen molar-refractivity contribution in [3.8, 4) is 0 Å². The average Bonchev–Trinajstić information content (AvgIpc) is 2.98. The molecule has 0 radical (unpaired) electrons. The van der Waals surface area contributed by atoms with Crippen LogP contribution in [0.1, 0.15) is 11.7 Å². The first-order valence-corrected chi connectivity index (χ1v) is 7.02. The number of aliphatic hydroxyl groups excluding tert-OH is 1. The maximum atomic E-state index is 11.7. The summed E-state index contributed by atoms with van der Waals surface area (Å²) >= 11 is 0. The number of hydrogen-bond donors (Lipinski definition) is 3. The zero-order chi connectivity index (χ0) is 17.3. The van der Waals surface area contributed by atoms with Gasteiger partial charge >= 0.3 is 0 Å². The number of anilines is 1. The van der Waals surface area contributed by atoms with Crippen LogP contribution in [-0.4, -0.2) is 36.3 Å². The van der Waals surface area contributed by atoms with Gasteiger partial charge in [0.25, 0.3) is 11.2 Å². The SMILES string of the molecule is Cn1cc(C(O)CNc2cc3nc[nH]c(=O)c3cc2[N+](=O)[O-])cn1. The lowest BCUT2D eigenvalue weighted by atomic mass is 10.1. The highest BCUT2D eigenvalue weighted by atomic mass is 16.6. The van der Waals surface area contributed by atoms with Crippen molar-refractivity contribution in [2.75, 3.05) is 11.9 Å². The number of aromatic nitrogens is 4. The molecule has 2 aromatic heterocycles. The first-order valence-electron chi connectivity index (χ1n) is 7.02. The van der Waals surface area contributed by atoms with Crippen LogP contribution in [0.15, 0.2) is 35.6 Å². The van der Waals surface area contributed by atoms with Crippen molar-refractivity contribution >= 4 is 22.3 Å². The van der Waals surface area contributed by atoms with Crippen LogP contribution in [0.25, 0.3) is 10.9 Å². The number of nitro benzene ring substituents is 1. The minimum atomic E-state index is -0.888. The van der Waals surface area contributed by atoms with E-state index in [1.165, 1.54) is 24.7 Å². The van der Waals surface area contributed by atoms with Crippen molar-refractivity contribution in [2.45, 2.75) is 6.10 Å². The van der Waals surface area contributed by atoms with Crippen molar-refractivity contribution in [3.63, 3.8) is 0 Å². The van der Waals surface area contributed by atoms with Gasteiger partial charge in [-0.25, -0.2) is 4.98 Å². The fourth-order valence-corrected chi connectivity index (χ4v) is 2.33. The summed E-state index contributed by atoms with van der Waals surface area (Å²) in [6, 6.07) is 2.58. The third-order valence-corrected chi connectivity index (χ3v) is 3.55. The molecule has 0 aliphatic rings. The van der Waals surface area contributed by atoms with Gasteiger partial charge in [0, 0.05) is 31.4 Å². The highest BCUT2D eigenvalue weighted by Crippen LogP contribution is 2.28. The summed E-state index contributed by atoms with van der Waals surface area (Å²) in [7, 11) is 1.72. The number of aryl methyl sites for hydroxylation is 1. The molecule has 0 fully saturated rings. The normalized spacial score (nSPS) is 12.2. The second kappa shape index (κ2) is 6.08. The zero-order valence-corrected chi connectivity index (χ0v) is 12.6. The van der Waals surface area contributed by atoms with E-state index < -0.39 is 16.6 Å². The standard InChI is InChI=1S/C14H14N6O4/c1-19-6-8(4-18-19)13(21)5-15-11-3-10-9(2-12(11)20(23)24)14(22)17-7-16-10/h2-4,6-7,13,15,21H,5H2,1H3,(H,16,17,22). The molecule has 0 bridgehead atoms. The van der Waals surface area contributed by atoms with Crippen LogP contribution in [-0.2, 0) is 7.05 Å². The van der Waals surface area contributed by atoms with E-state index in [9.17, 15) is 20.0 Å². The number of rotatable bonds is 5. The molecule has 3 rings (SSSR count). The zero-order valence-electron chi connectivity index (χ0n) is 12.6. The molecule has 0 saturated carbocycles. The van der Waals surface area contributed by atoms with Crippen LogP contribution in [0, 0.1) is 10.1 Å². The van der Waals surface area contributed by atoms with E-state index in [1.807, 2.05) is 0 Å². The maximum Gasteiger partial charge on any atom is 0.293 e. The van der Waals surface area contributed by atoms with Crippen LogP contribution in [0.5, 0.6) is 0 Å². The molecule has 0 spiro atoms. The van der Waals surface area contributed by atoms with Crippen LogP contribution < -0.4 is 10.9 Å². The summed E-state index contributed by atoms with van der Waals surface area (Å²) in [5, 5.41) is 28.3. The first kappa shape index (κ1) is 15.6. The third-order valence-electron chi connectivity index (χ3n) is 3.55. The molecule has 24 heavy (non-hydrogen) atoms. The minimum absolute atomic E-state index is 0.0429. The molecule has 0 aliphatic carbocycles. The molecule has 0 aliphatic heterocycles. The molecule has 124 valence electrons. The maximum absolute atomic E-state index is 11.7. The van der Waals surface area contributed by atoms with Crippen molar-refractivity contribution in [3.05, 3.63) is 56.9 Å². The predicted molar refractivity (Wildman–Crippen MR) is 85.7 cm³/mol. The Morgan fingerprint density at radius 3 is 2.96 bits per heavy atom. The summed E-state index contributed by atoms with van der Waals surface area (Å²) in [6.45, 7) is 0.0429. The van der Waals surface area contributed by atoms with Gasteiger partial charge in [-0.1, -0.05) is 0 Å². The summed E-state index contributed by atoms with van der Waals surface area (Å²) in [6.07, 6.45) is 3.51. The Morgan fingerprint density at radius 2 is 2.29 bits per heavy atom. The smallest absolute Gasteiger partial charge is 0.293 e. The molecular weight excluding hydrogens is 316 g/mol. The van der Waals surface area contributed by atoms with E-state index in [0.29, 0.717) is 11.1 Å². The largest absolute Gasteiger partial charge is 0.386 e. The number of hydrogen-bond acceptors (Lipinski definition) is 7. The van der Waals surface area contributed by atoms with Crippen LogP contribution in [0.2, 0.25) is 0 Å². The van der Waals surface area contributed by atoms with E-state index in [2.05, 4.69) is 20.4 Å². The number of nitrogens with zero attached hydrogens (tertiary/aromatic N) is 4. The van der Waals surface area contributed by atoms with Gasteiger partial charge in [-0.05, 0) is 6.07 Å². The van der Waals surface area contributed by atoms with Crippen molar-refractivity contribution in [1.82, 2.24) is 19.7 Å². The number of nitrogens with one attached hydrogen (secondary N) is 2. The molecule has 3 aromatic rings. The fourth-order valence-electron chi connectivity index (χ4n) is 2.33. The van der Waals surface area contributed by atoms with Crippen LogP contribution >= 0.6 is 0 Å². The Morgan fingerprint density at radius 1 is 1.50 bits per heavy atom. The van der Waals surface area contributed by atoms with Gasteiger partial charge < -0.3 is 15.4 Å². The molecule has 1 unspecified atom stereocenters. The monoisotopic (exact) mass is 330 g/mol. The predicted octanol–water partition coefficient (Wildman–Crippen LogP) is 0.710. The lowest BCUT2D eigenvalue weighted by Crippen LogP contribution is -2.14. The van der Waals surface area contributed by atoms with Gasteiger partial charge in [0.1, 0.15) is 5.69 Å². The molecule has 10 nitrogen and oxygen atoms in total. The van der Waals surface area contributed by atoms with Gasteiger partial charge in [0.2, 0.25) is 0 Å². The van der Waals surface area contributed by atoms with Crippen molar-refractivity contribution in [2.24, 2.45) is 7.05 Å². The highest BCUT2D eigenvalue weighted by molar-refractivity contribution is 5.86. The molecule has 0 saturated heterocycles. The second-order valence-corrected chi connectivity index (χ2v) is 5.22. The van der Waals surface area contributed by atoms with Crippen molar-refractivity contribution in [1.29, 1.82) is 0 Å². The number of aliphatic hydroxyl groups is 1. The summed E-state index contributed by atoms with van der Waals surface area (Å²) in [4.78, 5) is 28.8. The number of nitro groups is 1. The molecule has 10 heteroatoms. The second-order valence-electron chi connectivity index (χ2n) is 5.22. The summed E-state index contributed by atoms with van der Waals surface area (Å²) < 4.78 is 1.55. The molecule has 1 atom stereocenters. The van der Waals surface area contributed by atoms with E-state index in [1.54, 1.807) is 17.9 Å². The third kappa shape index (κ3) is 2.94. The van der Waals surface area contributed by atoms with Crippen LogP contribution in [0.4, 0.5) is 11.4 Å². The lowest BCUT2D eigenvalue weighted by molar-refractivity contribution is -0.383. The molecule has 1 aromatic carbocycles. The Bertz CT molecular complexity index is 963. The van der Waals surface area contributed by atoms with E-state index in [4.69, 9.17) is 0 Å². The fraction of sp³-hybridized carbons (Fsp3) is 0.214. The van der Waals surface area contributed by atoms with E-state index >= 15 is 0 Å². The number of fused-ring (bicyclic) bond motifs is 1. The summed E-state index contributed by atoms with van der Waals surface area (Å²) in [5.41, 5.74) is 0.365. The van der Waals surface area contributed by atoms with Gasteiger partial charge in [-0.2, -0.15) is 5.10 Å². The molecule has 0 amide bonds. The highest BCUT2D eigenvalue weighted by Gasteiger charge is 2.18. The first-order chi connectivity index (χ1) is 11.5. The van der Waals surface area contributed by atoms with Gasteiger partial charge in [-0.3, -0.25) is 19.6 Å². The lowest BCUT2D eigenvalue weighted by Gasteiger charge is -2.12. The van der Waals surface area contributed by atoms with E-state index in [-0.39, 0.29) is 23.3 Å². The summed E-state index contributed by atoms with van der Waals surface area (Å²) in [5.74, 6) is 0. The van der Waals surface area contributed by atoms with Gasteiger partial charge in [0.05, 0.1) is 34.5 Å². The molecule has 3 N–H and O–H groups in total. The van der Waals surface area contributed by atoms with Gasteiger partial charge in [0.15, 0.2) is 0 Å². The number of benzene rings is 1. The van der Waals surface area contributed by atoms with Crippen molar-refractivity contribution < 1.29 is 10.0 Å².